The van der Waals surface area contributed by atoms with Gasteiger partial charge in [-0.2, -0.15) is 0 Å². The normalized spacial score (nSPS) is 18.4. The molecule has 1 atom stereocenters. The van der Waals surface area contributed by atoms with Crippen LogP contribution >= 0.6 is 0 Å². The summed E-state index contributed by atoms with van der Waals surface area (Å²) in [6.45, 7) is 3.87. The van der Waals surface area contributed by atoms with Crippen molar-refractivity contribution in [2.24, 2.45) is 0 Å². The number of amides is 2. The molecular weight excluding hydrogens is 256 g/mol. The van der Waals surface area contributed by atoms with Crippen LogP contribution in [-0.4, -0.2) is 19.1 Å². The van der Waals surface area contributed by atoms with E-state index in [-0.39, 0.29) is 6.03 Å². The molecule has 2 N–H and O–H groups in total. The van der Waals surface area contributed by atoms with Crippen molar-refractivity contribution in [1.29, 1.82) is 0 Å². The average Bonchev–Trinajstić information content (AvgIpc) is 2.46. The van der Waals surface area contributed by atoms with E-state index < -0.39 is 12.0 Å². The number of rotatable bonds is 3. The van der Waals surface area contributed by atoms with Gasteiger partial charge in [-0.3, -0.25) is 0 Å². The van der Waals surface area contributed by atoms with E-state index in [9.17, 15) is 9.59 Å². The lowest BCUT2D eigenvalue weighted by atomic mass is 9.94. The number of carbonyl (C=O) groups is 2. The van der Waals surface area contributed by atoms with Gasteiger partial charge >= 0.3 is 12.0 Å². The van der Waals surface area contributed by atoms with Crippen molar-refractivity contribution in [3.05, 3.63) is 46.7 Å². The Morgan fingerprint density at radius 3 is 2.50 bits per heavy atom. The first-order chi connectivity index (χ1) is 9.56. The summed E-state index contributed by atoms with van der Waals surface area (Å²) in [5.41, 5.74) is 3.04. The third kappa shape index (κ3) is 2.66. The van der Waals surface area contributed by atoms with Crippen LogP contribution in [0.3, 0.4) is 0 Å². The predicted octanol–water partition coefficient (Wildman–Crippen LogP) is 2.19. The molecule has 1 heterocycles. The highest BCUT2D eigenvalue weighted by molar-refractivity contribution is 5.95. The molecule has 1 aliphatic heterocycles. The highest BCUT2D eigenvalue weighted by atomic mass is 16.5. The Hall–Kier alpha value is -2.30. The van der Waals surface area contributed by atoms with Crippen LogP contribution in [-0.2, 0) is 9.53 Å². The molecule has 20 heavy (non-hydrogen) atoms. The summed E-state index contributed by atoms with van der Waals surface area (Å²) in [5, 5.41) is 5.44. The van der Waals surface area contributed by atoms with Gasteiger partial charge in [0, 0.05) is 5.70 Å². The molecule has 0 aliphatic carbocycles. The lowest BCUT2D eigenvalue weighted by Crippen LogP contribution is -2.45. The molecule has 0 unspecified atom stereocenters. The number of allylic oxidation sites excluding steroid dienone is 1. The standard InChI is InChI=1S/C15H18N2O3/c1-4-11-12(14(18)20-3)13(17-15(19)16-11)10-7-5-9(2)6-8-10/h5-8,13H,4H2,1-3H3,(H2,16,17,19)/t13-/m1/s1. The van der Waals surface area contributed by atoms with Crippen molar-refractivity contribution in [3.63, 3.8) is 0 Å². The van der Waals surface area contributed by atoms with E-state index in [4.69, 9.17) is 4.74 Å². The van der Waals surface area contributed by atoms with Crippen molar-refractivity contribution < 1.29 is 14.3 Å². The summed E-state index contributed by atoms with van der Waals surface area (Å²) in [6, 6.07) is 6.92. The molecule has 0 fully saturated rings. The first-order valence-corrected chi connectivity index (χ1v) is 6.52. The zero-order chi connectivity index (χ0) is 14.7. The number of urea groups is 1. The van der Waals surface area contributed by atoms with Crippen LogP contribution in [0.4, 0.5) is 4.79 Å². The molecule has 0 saturated carbocycles. The minimum atomic E-state index is -0.480. The topological polar surface area (TPSA) is 67.4 Å². The quantitative estimate of drug-likeness (QED) is 0.830. The van der Waals surface area contributed by atoms with Gasteiger partial charge in [0.25, 0.3) is 0 Å². The second-order valence-corrected chi connectivity index (χ2v) is 4.68. The van der Waals surface area contributed by atoms with Crippen LogP contribution < -0.4 is 10.6 Å². The first kappa shape index (κ1) is 14.1. The maximum Gasteiger partial charge on any atom is 0.337 e. The second-order valence-electron chi connectivity index (χ2n) is 4.68. The molecule has 5 nitrogen and oxygen atoms in total. The van der Waals surface area contributed by atoms with Crippen LogP contribution in [0, 0.1) is 6.92 Å². The smallest absolute Gasteiger partial charge is 0.337 e. The van der Waals surface area contributed by atoms with Crippen molar-refractivity contribution >= 4 is 12.0 Å². The van der Waals surface area contributed by atoms with Crippen molar-refractivity contribution in [1.82, 2.24) is 10.6 Å². The van der Waals surface area contributed by atoms with Crippen LogP contribution in [0.15, 0.2) is 35.5 Å². The van der Waals surface area contributed by atoms with Crippen molar-refractivity contribution in [2.75, 3.05) is 7.11 Å². The summed E-state index contributed by atoms with van der Waals surface area (Å²) in [5.74, 6) is -0.431. The number of nitrogens with one attached hydrogen (secondary N) is 2. The Morgan fingerprint density at radius 2 is 1.95 bits per heavy atom. The van der Waals surface area contributed by atoms with E-state index >= 15 is 0 Å². The monoisotopic (exact) mass is 274 g/mol. The van der Waals surface area contributed by atoms with Gasteiger partial charge in [-0.1, -0.05) is 36.8 Å². The molecule has 0 aromatic heterocycles. The molecule has 2 rings (SSSR count). The van der Waals surface area contributed by atoms with Crippen molar-refractivity contribution in [2.45, 2.75) is 26.3 Å². The Morgan fingerprint density at radius 1 is 1.30 bits per heavy atom. The maximum absolute atomic E-state index is 12.0. The van der Waals surface area contributed by atoms with Gasteiger partial charge < -0.3 is 15.4 Å². The molecule has 1 aromatic carbocycles. The molecule has 2 amide bonds. The van der Waals surface area contributed by atoms with E-state index in [0.29, 0.717) is 17.7 Å². The maximum atomic E-state index is 12.0. The Bertz CT molecular complexity index is 561. The number of benzene rings is 1. The van der Waals surface area contributed by atoms with Gasteiger partial charge in [0.1, 0.15) is 0 Å². The van der Waals surface area contributed by atoms with E-state index in [0.717, 1.165) is 11.1 Å². The average molecular weight is 274 g/mol. The highest BCUT2D eigenvalue weighted by Gasteiger charge is 2.32. The minimum Gasteiger partial charge on any atom is -0.466 e. The first-order valence-electron chi connectivity index (χ1n) is 6.52. The van der Waals surface area contributed by atoms with Gasteiger partial charge in [-0.25, -0.2) is 9.59 Å². The molecule has 5 heteroatoms. The largest absolute Gasteiger partial charge is 0.466 e. The number of hydrogen-bond donors (Lipinski definition) is 2. The molecule has 1 aliphatic rings. The van der Waals surface area contributed by atoms with Crippen LogP contribution in [0.1, 0.15) is 30.5 Å². The number of ether oxygens (including phenoxy) is 1. The molecule has 0 saturated heterocycles. The van der Waals surface area contributed by atoms with Crippen molar-refractivity contribution in [3.8, 4) is 0 Å². The third-order valence-electron chi connectivity index (χ3n) is 3.32. The summed E-state index contributed by atoms with van der Waals surface area (Å²) < 4.78 is 4.84. The van der Waals surface area contributed by atoms with Crippen LogP contribution in [0.2, 0.25) is 0 Å². The fourth-order valence-electron chi connectivity index (χ4n) is 2.26. The molecule has 0 bridgehead atoms. The fourth-order valence-corrected chi connectivity index (χ4v) is 2.26. The number of methoxy groups -OCH3 is 1. The van der Waals surface area contributed by atoms with Gasteiger partial charge in [0.2, 0.25) is 0 Å². The highest BCUT2D eigenvalue weighted by Crippen LogP contribution is 2.28. The second kappa shape index (κ2) is 5.77. The molecule has 1 aromatic rings. The van der Waals surface area contributed by atoms with Gasteiger partial charge in [-0.05, 0) is 18.9 Å². The SMILES string of the molecule is CCC1=C(C(=O)OC)[C@@H](c2ccc(C)cc2)NC(=O)N1. The summed E-state index contributed by atoms with van der Waals surface area (Å²) in [7, 11) is 1.34. The van der Waals surface area contributed by atoms with Gasteiger partial charge in [0.05, 0.1) is 18.7 Å². The van der Waals surface area contributed by atoms with Gasteiger partial charge in [-0.15, -0.1) is 0 Å². The Balaban J connectivity index is 2.49. The Kier molecular flexibility index (Phi) is 4.08. The zero-order valence-corrected chi connectivity index (χ0v) is 11.8. The number of aryl methyl sites for hydroxylation is 1. The lowest BCUT2D eigenvalue weighted by molar-refractivity contribution is -0.136. The van der Waals surface area contributed by atoms with E-state index in [2.05, 4.69) is 10.6 Å². The fraction of sp³-hybridized carbons (Fsp3) is 0.333. The minimum absolute atomic E-state index is 0.305. The number of carbonyl (C=O) groups excluding carboxylic acids is 2. The molecular formula is C15H18N2O3. The predicted molar refractivity (Wildman–Crippen MR) is 74.9 cm³/mol. The van der Waals surface area contributed by atoms with E-state index in [1.807, 2.05) is 38.1 Å². The van der Waals surface area contributed by atoms with Crippen LogP contribution in [0.25, 0.3) is 0 Å². The van der Waals surface area contributed by atoms with E-state index in [1.165, 1.54) is 7.11 Å². The summed E-state index contributed by atoms with van der Waals surface area (Å²) in [6.07, 6.45) is 0.556. The van der Waals surface area contributed by atoms with Crippen LogP contribution in [0.5, 0.6) is 0 Å². The number of esters is 1. The number of hydrogen-bond acceptors (Lipinski definition) is 3. The van der Waals surface area contributed by atoms with Gasteiger partial charge in [0.15, 0.2) is 0 Å². The Labute approximate surface area is 118 Å². The zero-order valence-electron chi connectivity index (χ0n) is 11.8. The lowest BCUT2D eigenvalue weighted by Gasteiger charge is -2.28. The summed E-state index contributed by atoms with van der Waals surface area (Å²) >= 11 is 0. The molecule has 0 radical (unpaired) electrons. The molecule has 0 spiro atoms. The molecule has 106 valence electrons. The summed E-state index contributed by atoms with van der Waals surface area (Å²) in [4.78, 5) is 23.8. The van der Waals surface area contributed by atoms with E-state index in [1.54, 1.807) is 0 Å². The third-order valence-corrected chi connectivity index (χ3v) is 3.32.